The first-order valence-corrected chi connectivity index (χ1v) is 9.93. The van der Waals surface area contributed by atoms with E-state index in [4.69, 9.17) is 0 Å². The van der Waals surface area contributed by atoms with Gasteiger partial charge in [0, 0.05) is 50.1 Å². The predicted octanol–water partition coefficient (Wildman–Crippen LogP) is 1.39. The van der Waals surface area contributed by atoms with Crippen molar-refractivity contribution in [3.05, 3.63) is 65.5 Å². The van der Waals surface area contributed by atoms with Crippen LogP contribution in [0, 0.1) is 0 Å². The highest BCUT2D eigenvalue weighted by atomic mass is 16.2. The van der Waals surface area contributed by atoms with Crippen molar-refractivity contribution in [2.45, 2.75) is 31.8 Å². The number of rotatable bonds is 6. The van der Waals surface area contributed by atoms with Crippen LogP contribution in [0.15, 0.2) is 48.8 Å². The zero-order chi connectivity index (χ0) is 20.2. The van der Waals surface area contributed by atoms with E-state index in [1.54, 1.807) is 28.3 Å². The van der Waals surface area contributed by atoms with Crippen molar-refractivity contribution in [1.82, 2.24) is 20.1 Å². The summed E-state index contributed by atoms with van der Waals surface area (Å²) in [6.45, 7) is 1.65. The van der Waals surface area contributed by atoms with Gasteiger partial charge in [-0.05, 0) is 42.2 Å². The minimum absolute atomic E-state index is 0.00807. The zero-order valence-electron chi connectivity index (χ0n) is 16.2. The molecule has 0 spiro atoms. The van der Waals surface area contributed by atoms with Gasteiger partial charge in [-0.3, -0.25) is 19.4 Å². The number of carbonyl (C=O) groups excluding carboxylic acids is 3. The van der Waals surface area contributed by atoms with Gasteiger partial charge in [0.25, 0.3) is 5.91 Å². The maximum absolute atomic E-state index is 12.7. The van der Waals surface area contributed by atoms with Gasteiger partial charge in [-0.15, -0.1) is 0 Å². The molecule has 7 heteroatoms. The Morgan fingerprint density at radius 1 is 1.14 bits per heavy atom. The molecule has 1 aromatic heterocycles. The second-order valence-electron chi connectivity index (χ2n) is 7.57. The van der Waals surface area contributed by atoms with Crippen LogP contribution in [-0.2, 0) is 22.6 Å². The second kappa shape index (κ2) is 8.43. The summed E-state index contributed by atoms with van der Waals surface area (Å²) in [6, 6.07) is 11.2. The molecule has 1 unspecified atom stereocenters. The number of fused-ring (bicyclic) bond motifs is 1. The summed E-state index contributed by atoms with van der Waals surface area (Å²) >= 11 is 0. The van der Waals surface area contributed by atoms with E-state index in [-0.39, 0.29) is 30.3 Å². The summed E-state index contributed by atoms with van der Waals surface area (Å²) in [6.07, 6.45) is 5.26. The number of aromatic nitrogens is 1. The van der Waals surface area contributed by atoms with Crippen LogP contribution >= 0.6 is 0 Å². The Morgan fingerprint density at radius 3 is 2.72 bits per heavy atom. The molecule has 0 bridgehead atoms. The molecule has 2 aromatic rings. The van der Waals surface area contributed by atoms with E-state index in [1.807, 2.05) is 30.3 Å². The molecule has 2 aliphatic rings. The van der Waals surface area contributed by atoms with Crippen LogP contribution < -0.4 is 5.32 Å². The van der Waals surface area contributed by atoms with E-state index in [9.17, 15) is 14.4 Å². The largest absolute Gasteiger partial charge is 0.352 e. The molecule has 3 heterocycles. The molecule has 29 heavy (non-hydrogen) atoms. The second-order valence-corrected chi connectivity index (χ2v) is 7.57. The van der Waals surface area contributed by atoms with E-state index in [2.05, 4.69) is 10.3 Å². The van der Waals surface area contributed by atoms with Crippen LogP contribution in [0.4, 0.5) is 0 Å². The molecule has 1 aromatic carbocycles. The van der Waals surface area contributed by atoms with Crippen molar-refractivity contribution < 1.29 is 14.4 Å². The topological polar surface area (TPSA) is 82.6 Å². The quantitative estimate of drug-likeness (QED) is 0.805. The fourth-order valence-electron chi connectivity index (χ4n) is 3.92. The van der Waals surface area contributed by atoms with E-state index < -0.39 is 0 Å². The molecule has 2 aliphatic heterocycles. The highest BCUT2D eigenvalue weighted by Gasteiger charge is 2.32. The minimum atomic E-state index is -0.0888. The third-order valence-electron chi connectivity index (χ3n) is 5.52. The number of amides is 3. The maximum atomic E-state index is 12.7. The average Bonchev–Trinajstić information content (AvgIpc) is 3.32. The first-order chi connectivity index (χ1) is 14.1. The molecule has 1 fully saturated rings. The van der Waals surface area contributed by atoms with Gasteiger partial charge in [0.2, 0.25) is 11.8 Å². The third-order valence-corrected chi connectivity index (χ3v) is 5.52. The number of pyridine rings is 1. The normalized spacial score (nSPS) is 18.1. The lowest BCUT2D eigenvalue weighted by Gasteiger charge is -2.21. The Kier molecular flexibility index (Phi) is 5.55. The number of carbonyl (C=O) groups is 3. The summed E-state index contributed by atoms with van der Waals surface area (Å²) < 4.78 is 0. The number of nitrogens with zero attached hydrogens (tertiary/aromatic N) is 3. The molecule has 1 atom stereocenters. The van der Waals surface area contributed by atoms with Crippen molar-refractivity contribution in [3.63, 3.8) is 0 Å². The smallest absolute Gasteiger partial charge is 0.254 e. The molecule has 0 radical (unpaired) electrons. The van der Waals surface area contributed by atoms with Crippen LogP contribution in [0.25, 0.3) is 0 Å². The summed E-state index contributed by atoms with van der Waals surface area (Å²) in [7, 11) is 0. The fourth-order valence-corrected chi connectivity index (χ4v) is 3.92. The Morgan fingerprint density at radius 2 is 1.93 bits per heavy atom. The van der Waals surface area contributed by atoms with Crippen LogP contribution in [0.1, 0.15) is 34.3 Å². The lowest BCUT2D eigenvalue weighted by Crippen LogP contribution is -2.42. The zero-order valence-corrected chi connectivity index (χ0v) is 16.2. The minimum Gasteiger partial charge on any atom is -0.352 e. The monoisotopic (exact) mass is 392 g/mol. The highest BCUT2D eigenvalue weighted by Crippen LogP contribution is 2.22. The lowest BCUT2D eigenvalue weighted by molar-refractivity contribution is -0.131. The fraction of sp³-hybridized carbons (Fsp3) is 0.364. The standard InChI is InChI=1S/C22H24N4O3/c27-20(6-5-16-7-10-23-11-8-16)24-18-9-12-25(14-18)21(28)15-26-13-17-3-1-2-4-19(17)22(26)29/h1-4,7-8,10-11,18H,5-6,9,12-15H2,(H,24,27). The van der Waals surface area contributed by atoms with Gasteiger partial charge in [-0.25, -0.2) is 0 Å². The summed E-state index contributed by atoms with van der Waals surface area (Å²) in [5, 5.41) is 3.02. The average molecular weight is 392 g/mol. The number of nitrogens with one attached hydrogen (secondary N) is 1. The van der Waals surface area contributed by atoms with Crippen LogP contribution in [0.2, 0.25) is 0 Å². The maximum Gasteiger partial charge on any atom is 0.254 e. The van der Waals surface area contributed by atoms with Crippen molar-refractivity contribution in [2.24, 2.45) is 0 Å². The molecule has 7 nitrogen and oxygen atoms in total. The molecule has 150 valence electrons. The van der Waals surface area contributed by atoms with Crippen molar-refractivity contribution in [2.75, 3.05) is 19.6 Å². The molecule has 0 saturated carbocycles. The van der Waals surface area contributed by atoms with E-state index in [1.165, 1.54) is 0 Å². The SMILES string of the molecule is O=C(CCc1ccncc1)NC1CCN(C(=O)CN2Cc3ccccc3C2=O)C1. The first-order valence-electron chi connectivity index (χ1n) is 9.93. The van der Waals surface area contributed by atoms with E-state index in [0.717, 1.165) is 17.5 Å². The summed E-state index contributed by atoms with van der Waals surface area (Å²) in [5.74, 6) is -0.167. The molecule has 1 N–H and O–H groups in total. The molecular weight excluding hydrogens is 368 g/mol. The Labute approximate surface area is 169 Å². The Bertz CT molecular complexity index is 915. The number of hydrogen-bond acceptors (Lipinski definition) is 4. The van der Waals surface area contributed by atoms with Gasteiger partial charge < -0.3 is 15.1 Å². The molecular formula is C22H24N4O3. The Balaban J connectivity index is 1.23. The summed E-state index contributed by atoms with van der Waals surface area (Å²) in [5.41, 5.74) is 2.72. The van der Waals surface area contributed by atoms with Crippen molar-refractivity contribution >= 4 is 17.7 Å². The van der Waals surface area contributed by atoms with Crippen LogP contribution in [0.3, 0.4) is 0 Å². The van der Waals surface area contributed by atoms with Gasteiger partial charge in [-0.1, -0.05) is 18.2 Å². The van der Waals surface area contributed by atoms with Gasteiger partial charge in [0.05, 0.1) is 0 Å². The van der Waals surface area contributed by atoms with E-state index >= 15 is 0 Å². The van der Waals surface area contributed by atoms with Gasteiger partial charge in [0.1, 0.15) is 6.54 Å². The molecule has 3 amide bonds. The Hall–Kier alpha value is -3.22. The number of hydrogen-bond donors (Lipinski definition) is 1. The molecule has 0 aliphatic carbocycles. The van der Waals surface area contributed by atoms with Crippen LogP contribution in [0.5, 0.6) is 0 Å². The van der Waals surface area contributed by atoms with Gasteiger partial charge in [0.15, 0.2) is 0 Å². The van der Waals surface area contributed by atoms with Crippen molar-refractivity contribution in [3.8, 4) is 0 Å². The highest BCUT2D eigenvalue weighted by molar-refractivity contribution is 6.00. The molecule has 1 saturated heterocycles. The third kappa shape index (κ3) is 4.45. The number of likely N-dealkylation sites (tertiary alicyclic amines) is 1. The lowest BCUT2D eigenvalue weighted by atomic mass is 10.1. The van der Waals surface area contributed by atoms with Crippen molar-refractivity contribution in [1.29, 1.82) is 0 Å². The number of benzene rings is 1. The van der Waals surface area contributed by atoms with Gasteiger partial charge in [-0.2, -0.15) is 0 Å². The molecule has 4 rings (SSSR count). The van der Waals surface area contributed by atoms with Crippen LogP contribution in [-0.4, -0.2) is 58.2 Å². The summed E-state index contributed by atoms with van der Waals surface area (Å²) in [4.78, 5) is 44.6. The van der Waals surface area contributed by atoms with E-state index in [0.29, 0.717) is 38.0 Å². The van der Waals surface area contributed by atoms with Gasteiger partial charge >= 0.3 is 0 Å². The number of aryl methyl sites for hydroxylation is 1. The predicted molar refractivity (Wildman–Crippen MR) is 107 cm³/mol. The first kappa shape index (κ1) is 19.1.